The zero-order valence-corrected chi connectivity index (χ0v) is 26.8. The molecular formula is C30H61NO8P+. The Hall–Kier alpha value is -0.380. The van der Waals surface area contributed by atoms with E-state index in [1.807, 2.05) is 0 Å². The number of carbonyl (C=O) groups excluding carboxylic acids is 1. The smallest absolute Gasteiger partial charge is 0.377 e. The number of rotatable bonds is 28. The van der Waals surface area contributed by atoms with Crippen molar-refractivity contribution >= 4 is 14.1 Å². The van der Waals surface area contributed by atoms with Crippen molar-refractivity contribution in [1.29, 1.82) is 0 Å². The molecule has 0 aromatic heterocycles. The fourth-order valence-electron chi connectivity index (χ4n) is 5.12. The summed E-state index contributed by atoms with van der Waals surface area (Å²) in [6.07, 6.45) is 22.5. The van der Waals surface area contributed by atoms with Crippen LogP contribution < -0.4 is 4.89 Å². The maximum atomic E-state index is 12.3. The number of carbonyl (C=O) groups is 1. The van der Waals surface area contributed by atoms with Gasteiger partial charge in [-0.3, -0.25) is 4.89 Å². The second-order valence-corrected chi connectivity index (χ2v) is 13.2. The van der Waals surface area contributed by atoms with Crippen LogP contribution in [0, 0.1) is 0 Å². The van der Waals surface area contributed by atoms with Crippen molar-refractivity contribution in [3.8, 4) is 0 Å². The Morgan fingerprint density at radius 2 is 1.30 bits per heavy atom. The predicted octanol–water partition coefficient (Wildman–Crippen LogP) is 6.43. The van der Waals surface area contributed by atoms with Gasteiger partial charge in [-0.2, -0.15) is 18.8 Å². The Labute approximate surface area is 245 Å². The molecule has 1 saturated heterocycles. The second kappa shape index (κ2) is 24.1. The summed E-state index contributed by atoms with van der Waals surface area (Å²) in [6.45, 7) is 6.72. The lowest BCUT2D eigenvalue weighted by molar-refractivity contribution is -0.897. The van der Waals surface area contributed by atoms with Crippen molar-refractivity contribution in [1.82, 2.24) is 0 Å². The summed E-state index contributed by atoms with van der Waals surface area (Å²) in [4.78, 5) is 43.1. The van der Waals surface area contributed by atoms with E-state index in [-0.39, 0.29) is 19.8 Å². The number of ether oxygens (including phenoxy) is 1. The van der Waals surface area contributed by atoms with Gasteiger partial charge in [0.1, 0.15) is 19.8 Å². The Morgan fingerprint density at radius 3 is 1.80 bits per heavy atom. The third kappa shape index (κ3) is 22.2. The van der Waals surface area contributed by atoms with Gasteiger partial charge < -0.3 is 14.1 Å². The van der Waals surface area contributed by atoms with E-state index in [2.05, 4.69) is 18.9 Å². The highest BCUT2D eigenvalue weighted by Gasteiger charge is 2.33. The number of quaternary nitrogens is 1. The Kier molecular flexibility index (Phi) is 22.7. The van der Waals surface area contributed by atoms with Crippen molar-refractivity contribution in [3.63, 3.8) is 0 Å². The van der Waals surface area contributed by atoms with Crippen LogP contribution in [0.25, 0.3) is 0 Å². The van der Waals surface area contributed by atoms with Crippen molar-refractivity contribution in [2.45, 2.75) is 136 Å². The van der Waals surface area contributed by atoms with Crippen LogP contribution in [0.15, 0.2) is 0 Å². The van der Waals surface area contributed by atoms with Gasteiger partial charge in [0.25, 0.3) is 0 Å². The van der Waals surface area contributed by atoms with Gasteiger partial charge in [-0.25, -0.2) is 4.79 Å². The molecule has 238 valence electrons. The van der Waals surface area contributed by atoms with Gasteiger partial charge in [0.2, 0.25) is 0 Å². The van der Waals surface area contributed by atoms with E-state index in [9.17, 15) is 14.6 Å². The lowest BCUT2D eigenvalue weighted by atomic mass is 10.0. The Morgan fingerprint density at radius 1 is 0.800 bits per heavy atom. The number of likely N-dealkylation sites (tertiary alicyclic amines) is 1. The molecule has 1 aliphatic rings. The molecule has 0 aromatic carbocycles. The van der Waals surface area contributed by atoms with E-state index in [4.69, 9.17) is 18.7 Å². The summed E-state index contributed by atoms with van der Waals surface area (Å²) in [7, 11) is -2.12. The first-order valence-corrected chi connectivity index (χ1v) is 17.6. The first-order chi connectivity index (χ1) is 19.3. The number of unbranched alkanes of at least 4 members (excludes halogenated alkanes) is 15. The molecule has 1 unspecified atom stereocenters. The van der Waals surface area contributed by atoms with Crippen LogP contribution in [0.4, 0.5) is 0 Å². The Bertz CT molecular complexity index is 604. The number of hydrogen-bond donors (Lipinski definition) is 1. The van der Waals surface area contributed by atoms with Gasteiger partial charge >= 0.3 is 14.1 Å². The lowest BCUT2D eigenvalue weighted by Gasteiger charge is -2.29. The number of likely N-dealkylation sites (N-methyl/N-ethyl adjacent to an activating group) is 1. The SMILES string of the molecule is CCCCCCCCCCCCCCCCCCOC[C@H](CO[P+]([O-])(O)OCC[N+]1(C)CCCC1)OOC(C)=O. The van der Waals surface area contributed by atoms with Gasteiger partial charge in [0.15, 0.2) is 6.10 Å². The van der Waals surface area contributed by atoms with Crippen LogP contribution >= 0.6 is 8.17 Å². The zero-order chi connectivity index (χ0) is 29.4. The van der Waals surface area contributed by atoms with Crippen LogP contribution in [-0.2, 0) is 28.4 Å². The molecule has 0 bridgehead atoms. The Balaban J connectivity index is 2.03. The normalized spacial score (nSPS) is 17.1. The summed E-state index contributed by atoms with van der Waals surface area (Å²) in [5, 5.41) is 0. The molecule has 40 heavy (non-hydrogen) atoms. The predicted molar refractivity (Wildman–Crippen MR) is 158 cm³/mol. The summed E-state index contributed by atoms with van der Waals surface area (Å²) in [6, 6.07) is 0. The summed E-state index contributed by atoms with van der Waals surface area (Å²) in [5.74, 6) is -0.617. The molecule has 1 heterocycles. The van der Waals surface area contributed by atoms with E-state index in [1.54, 1.807) is 0 Å². The minimum absolute atomic E-state index is 0.0843. The molecule has 2 atom stereocenters. The van der Waals surface area contributed by atoms with Crippen molar-refractivity contribution in [2.24, 2.45) is 0 Å². The molecular weight excluding hydrogens is 533 g/mol. The van der Waals surface area contributed by atoms with Crippen molar-refractivity contribution in [3.05, 3.63) is 0 Å². The maximum Gasteiger partial charge on any atom is 0.377 e. The van der Waals surface area contributed by atoms with Gasteiger partial charge in [-0.1, -0.05) is 103 Å². The lowest BCUT2D eigenvalue weighted by Crippen LogP contribution is -2.43. The zero-order valence-electron chi connectivity index (χ0n) is 26.0. The third-order valence-corrected chi connectivity index (χ3v) is 8.69. The van der Waals surface area contributed by atoms with E-state index < -0.39 is 20.2 Å². The van der Waals surface area contributed by atoms with Crippen LogP contribution in [0.5, 0.6) is 0 Å². The molecule has 10 heteroatoms. The molecule has 0 saturated carbocycles. The molecule has 1 fully saturated rings. The van der Waals surface area contributed by atoms with Gasteiger partial charge in [0, 0.05) is 26.4 Å². The molecule has 1 aliphatic heterocycles. The summed E-state index contributed by atoms with van der Waals surface area (Å²) < 4.78 is 16.7. The molecule has 9 nitrogen and oxygen atoms in total. The minimum Gasteiger partial charge on any atom is -0.606 e. The third-order valence-electron chi connectivity index (χ3n) is 7.70. The monoisotopic (exact) mass is 594 g/mol. The van der Waals surface area contributed by atoms with Crippen LogP contribution in [0.3, 0.4) is 0 Å². The average Bonchev–Trinajstić information content (AvgIpc) is 3.35. The van der Waals surface area contributed by atoms with Gasteiger partial charge in [-0.05, 0) is 6.42 Å². The number of nitrogens with zero attached hydrogens (tertiary/aromatic N) is 1. The minimum atomic E-state index is -4.24. The molecule has 1 N–H and O–H groups in total. The fraction of sp³-hybridized carbons (Fsp3) is 0.967. The van der Waals surface area contributed by atoms with E-state index in [1.165, 1.54) is 110 Å². The molecule has 0 amide bonds. The van der Waals surface area contributed by atoms with Gasteiger partial charge in [-0.15, -0.1) is 0 Å². The first kappa shape index (κ1) is 37.6. The summed E-state index contributed by atoms with van der Waals surface area (Å²) in [5.41, 5.74) is 0. The first-order valence-electron chi connectivity index (χ1n) is 16.1. The largest absolute Gasteiger partial charge is 0.606 e. The molecule has 0 spiro atoms. The van der Waals surface area contributed by atoms with E-state index in [0.29, 0.717) is 13.2 Å². The molecule has 0 aromatic rings. The number of phosphoric ester groups is 1. The van der Waals surface area contributed by atoms with Crippen molar-refractivity contribution in [2.75, 3.05) is 53.1 Å². The van der Waals surface area contributed by atoms with Crippen molar-refractivity contribution < 1.29 is 42.6 Å². The molecule has 0 aliphatic carbocycles. The maximum absolute atomic E-state index is 12.3. The van der Waals surface area contributed by atoms with E-state index >= 15 is 0 Å². The topological polar surface area (TPSA) is 107 Å². The van der Waals surface area contributed by atoms with Crippen LogP contribution in [-0.4, -0.2) is 74.6 Å². The van der Waals surface area contributed by atoms with Crippen LogP contribution in [0.2, 0.25) is 0 Å². The summed E-state index contributed by atoms with van der Waals surface area (Å²) >= 11 is 0. The quantitative estimate of drug-likeness (QED) is 0.0363. The fourth-order valence-corrected chi connectivity index (χ4v) is 5.86. The second-order valence-electron chi connectivity index (χ2n) is 11.8. The molecule has 0 radical (unpaired) electrons. The highest BCUT2D eigenvalue weighted by molar-refractivity contribution is 7.52. The molecule has 1 rings (SSSR count). The standard InChI is InChI=1S/C30H60NO8P/c1-4-5-6-7-8-9-10-11-12-13-14-15-16-17-18-21-25-35-27-30(39-38-29(2)32)28-37-40(33,34)36-26-24-31(3)22-19-20-23-31/h30H,4-28H2,1-3H3/p+1/t30-/m1/s1. The number of phosphoric acid groups is 1. The number of hydrogen-bond acceptors (Lipinski definition) is 8. The average molecular weight is 595 g/mol. The van der Waals surface area contributed by atoms with E-state index in [0.717, 1.165) is 30.4 Å². The highest BCUT2D eigenvalue weighted by Crippen LogP contribution is 2.47. The highest BCUT2D eigenvalue weighted by atomic mass is 31.2. The van der Waals surface area contributed by atoms with Crippen LogP contribution in [0.1, 0.15) is 129 Å². The van der Waals surface area contributed by atoms with Gasteiger partial charge in [0.05, 0.1) is 26.7 Å².